The standard InChI is InChI=1S/C13H15ClFN5/c1-3-4-16-12-18-11(14)19-13(20-12)17-10-6-8(2)5-9(15)7-10/h5-7H,3-4H2,1-2H3,(H2,16,17,18,19,20). The number of halogens is 2. The molecule has 0 aliphatic carbocycles. The van der Waals surface area contributed by atoms with E-state index in [1.807, 2.05) is 13.8 Å². The number of rotatable bonds is 5. The van der Waals surface area contributed by atoms with Gasteiger partial charge in [-0.2, -0.15) is 15.0 Å². The molecule has 0 saturated carbocycles. The SMILES string of the molecule is CCCNc1nc(Cl)nc(Nc2cc(C)cc(F)c2)n1. The van der Waals surface area contributed by atoms with Crippen molar-refractivity contribution in [1.82, 2.24) is 15.0 Å². The number of aryl methyl sites for hydroxylation is 1. The second kappa shape index (κ2) is 6.47. The summed E-state index contributed by atoms with van der Waals surface area (Å²) in [6.45, 7) is 4.58. The first-order chi connectivity index (χ1) is 9.56. The van der Waals surface area contributed by atoms with E-state index >= 15 is 0 Å². The minimum Gasteiger partial charge on any atom is -0.354 e. The van der Waals surface area contributed by atoms with Gasteiger partial charge in [-0.15, -0.1) is 0 Å². The van der Waals surface area contributed by atoms with Gasteiger partial charge in [0, 0.05) is 12.2 Å². The molecule has 20 heavy (non-hydrogen) atoms. The molecule has 0 unspecified atom stereocenters. The third-order valence-electron chi connectivity index (χ3n) is 2.44. The molecule has 0 aliphatic heterocycles. The summed E-state index contributed by atoms with van der Waals surface area (Å²) >= 11 is 5.84. The summed E-state index contributed by atoms with van der Waals surface area (Å²) in [6.07, 6.45) is 0.940. The van der Waals surface area contributed by atoms with Crippen LogP contribution in [0.25, 0.3) is 0 Å². The Kier molecular flexibility index (Phi) is 4.68. The van der Waals surface area contributed by atoms with Crippen LogP contribution >= 0.6 is 11.6 Å². The van der Waals surface area contributed by atoms with Gasteiger partial charge in [-0.3, -0.25) is 0 Å². The van der Waals surface area contributed by atoms with E-state index in [4.69, 9.17) is 11.6 Å². The molecule has 0 spiro atoms. The van der Waals surface area contributed by atoms with Crippen LogP contribution in [0.2, 0.25) is 5.28 Å². The Morgan fingerprint density at radius 3 is 2.60 bits per heavy atom. The molecule has 0 fully saturated rings. The number of benzene rings is 1. The summed E-state index contributed by atoms with van der Waals surface area (Å²) in [5, 5.41) is 6.02. The van der Waals surface area contributed by atoms with Crippen LogP contribution in [0.15, 0.2) is 18.2 Å². The van der Waals surface area contributed by atoms with Crippen molar-refractivity contribution in [2.75, 3.05) is 17.2 Å². The van der Waals surface area contributed by atoms with Crippen molar-refractivity contribution < 1.29 is 4.39 Å². The van der Waals surface area contributed by atoms with Crippen molar-refractivity contribution >= 4 is 29.2 Å². The van der Waals surface area contributed by atoms with Gasteiger partial charge in [-0.25, -0.2) is 4.39 Å². The van der Waals surface area contributed by atoms with Gasteiger partial charge in [0.25, 0.3) is 0 Å². The van der Waals surface area contributed by atoms with Crippen molar-refractivity contribution in [3.05, 3.63) is 34.9 Å². The number of anilines is 3. The molecule has 0 amide bonds. The Bertz CT molecular complexity index is 585. The molecule has 0 bridgehead atoms. The molecule has 0 saturated heterocycles. The highest BCUT2D eigenvalue weighted by atomic mass is 35.5. The third kappa shape index (κ3) is 4.03. The summed E-state index contributed by atoms with van der Waals surface area (Å²) in [6, 6.07) is 4.60. The minimum absolute atomic E-state index is 0.0780. The van der Waals surface area contributed by atoms with Crippen LogP contribution in [-0.2, 0) is 0 Å². The van der Waals surface area contributed by atoms with Gasteiger partial charge >= 0.3 is 0 Å². The van der Waals surface area contributed by atoms with E-state index in [0.29, 0.717) is 11.6 Å². The van der Waals surface area contributed by atoms with E-state index in [9.17, 15) is 4.39 Å². The number of nitrogens with one attached hydrogen (secondary N) is 2. The average molecular weight is 296 g/mol. The fourth-order valence-electron chi connectivity index (χ4n) is 1.66. The Morgan fingerprint density at radius 2 is 1.90 bits per heavy atom. The summed E-state index contributed by atoms with van der Waals surface area (Å²) in [5.41, 5.74) is 1.36. The van der Waals surface area contributed by atoms with Gasteiger partial charge < -0.3 is 10.6 Å². The summed E-state index contributed by atoms with van der Waals surface area (Å²) in [4.78, 5) is 12.1. The lowest BCUT2D eigenvalue weighted by molar-refractivity contribution is 0.627. The van der Waals surface area contributed by atoms with E-state index in [1.165, 1.54) is 12.1 Å². The van der Waals surface area contributed by atoms with E-state index in [1.54, 1.807) is 6.07 Å². The van der Waals surface area contributed by atoms with Gasteiger partial charge in [0.2, 0.25) is 17.2 Å². The predicted molar refractivity (Wildman–Crippen MR) is 78.0 cm³/mol. The maximum atomic E-state index is 13.3. The zero-order chi connectivity index (χ0) is 14.5. The molecule has 2 rings (SSSR count). The molecule has 5 nitrogen and oxygen atoms in total. The lowest BCUT2D eigenvalue weighted by Crippen LogP contribution is -2.08. The van der Waals surface area contributed by atoms with E-state index in [-0.39, 0.29) is 17.0 Å². The Labute approximate surface area is 121 Å². The Balaban J connectivity index is 2.21. The first-order valence-corrected chi connectivity index (χ1v) is 6.64. The lowest BCUT2D eigenvalue weighted by atomic mass is 10.2. The molecule has 106 valence electrons. The first kappa shape index (κ1) is 14.5. The summed E-state index contributed by atoms with van der Waals surface area (Å²) in [5.74, 6) is 0.341. The van der Waals surface area contributed by atoms with Gasteiger partial charge in [-0.05, 0) is 48.7 Å². The molecule has 0 atom stereocenters. The van der Waals surface area contributed by atoms with Crippen molar-refractivity contribution in [1.29, 1.82) is 0 Å². The highest BCUT2D eigenvalue weighted by Gasteiger charge is 2.06. The van der Waals surface area contributed by atoms with Crippen LogP contribution in [0.1, 0.15) is 18.9 Å². The predicted octanol–water partition coefficient (Wildman–Crippen LogP) is 3.54. The Morgan fingerprint density at radius 1 is 1.15 bits per heavy atom. The molecular weight excluding hydrogens is 281 g/mol. The molecule has 7 heteroatoms. The topological polar surface area (TPSA) is 62.7 Å². The highest BCUT2D eigenvalue weighted by Crippen LogP contribution is 2.18. The van der Waals surface area contributed by atoms with Gasteiger partial charge in [0.05, 0.1) is 0 Å². The second-order valence-corrected chi connectivity index (χ2v) is 4.66. The van der Waals surface area contributed by atoms with Crippen LogP contribution in [0, 0.1) is 12.7 Å². The molecule has 2 N–H and O–H groups in total. The van der Waals surface area contributed by atoms with Crippen LogP contribution < -0.4 is 10.6 Å². The maximum Gasteiger partial charge on any atom is 0.233 e. The van der Waals surface area contributed by atoms with Crippen molar-refractivity contribution in [3.63, 3.8) is 0 Å². The fraction of sp³-hybridized carbons (Fsp3) is 0.308. The maximum absolute atomic E-state index is 13.3. The quantitative estimate of drug-likeness (QED) is 0.883. The molecule has 0 aliphatic rings. The molecule has 0 radical (unpaired) electrons. The van der Waals surface area contributed by atoms with Gasteiger partial charge in [0.1, 0.15) is 5.82 Å². The molecule has 1 heterocycles. The number of nitrogens with zero attached hydrogens (tertiary/aromatic N) is 3. The first-order valence-electron chi connectivity index (χ1n) is 6.26. The fourth-order valence-corrected chi connectivity index (χ4v) is 1.82. The van der Waals surface area contributed by atoms with Crippen LogP contribution in [0.5, 0.6) is 0 Å². The zero-order valence-electron chi connectivity index (χ0n) is 11.2. The molecular formula is C13H15ClFN5. The number of hydrogen-bond donors (Lipinski definition) is 2. The third-order valence-corrected chi connectivity index (χ3v) is 2.61. The molecule has 2 aromatic rings. The lowest BCUT2D eigenvalue weighted by Gasteiger charge is -2.08. The van der Waals surface area contributed by atoms with Gasteiger partial charge in [-0.1, -0.05) is 6.92 Å². The van der Waals surface area contributed by atoms with Crippen LogP contribution in [-0.4, -0.2) is 21.5 Å². The summed E-state index contributed by atoms with van der Waals surface area (Å²) in [7, 11) is 0. The number of aromatic nitrogens is 3. The van der Waals surface area contributed by atoms with Gasteiger partial charge in [0.15, 0.2) is 0 Å². The number of hydrogen-bond acceptors (Lipinski definition) is 5. The largest absolute Gasteiger partial charge is 0.354 e. The normalized spacial score (nSPS) is 10.4. The molecule has 1 aromatic heterocycles. The highest BCUT2D eigenvalue weighted by molar-refractivity contribution is 6.28. The van der Waals surface area contributed by atoms with E-state index < -0.39 is 0 Å². The Hall–Kier alpha value is -1.95. The average Bonchev–Trinajstić information content (AvgIpc) is 2.34. The summed E-state index contributed by atoms with van der Waals surface area (Å²) < 4.78 is 13.3. The zero-order valence-corrected chi connectivity index (χ0v) is 12.0. The second-order valence-electron chi connectivity index (χ2n) is 4.32. The smallest absolute Gasteiger partial charge is 0.233 e. The van der Waals surface area contributed by atoms with Crippen molar-refractivity contribution in [2.24, 2.45) is 0 Å². The van der Waals surface area contributed by atoms with Crippen LogP contribution in [0.4, 0.5) is 22.0 Å². The monoisotopic (exact) mass is 295 g/mol. The van der Waals surface area contributed by atoms with E-state index in [0.717, 1.165) is 18.5 Å². The van der Waals surface area contributed by atoms with Crippen molar-refractivity contribution in [3.8, 4) is 0 Å². The van der Waals surface area contributed by atoms with Crippen LogP contribution in [0.3, 0.4) is 0 Å². The molecule has 1 aromatic carbocycles. The van der Waals surface area contributed by atoms with E-state index in [2.05, 4.69) is 25.6 Å². The van der Waals surface area contributed by atoms with Crippen molar-refractivity contribution in [2.45, 2.75) is 20.3 Å². The minimum atomic E-state index is -0.322.